The van der Waals surface area contributed by atoms with E-state index in [0.717, 1.165) is 6.42 Å². The van der Waals surface area contributed by atoms with Crippen molar-refractivity contribution in [3.8, 4) is 0 Å². The summed E-state index contributed by atoms with van der Waals surface area (Å²) in [5.74, 6) is 0. The summed E-state index contributed by atoms with van der Waals surface area (Å²) in [4.78, 5) is 0. The van der Waals surface area contributed by atoms with Gasteiger partial charge in [0, 0.05) is 0 Å². The average molecular weight is 339 g/mol. The first kappa shape index (κ1) is 23.4. The normalized spacial score (nSPS) is 12.2. The molecular formula is C22H42O2. The Labute approximate surface area is 151 Å². The van der Waals surface area contributed by atoms with Gasteiger partial charge in [-0.3, -0.25) is 0 Å². The molecule has 0 bridgehead atoms. The first-order valence-electron chi connectivity index (χ1n) is 10.3. The van der Waals surface area contributed by atoms with Crippen molar-refractivity contribution in [1.82, 2.24) is 0 Å². The summed E-state index contributed by atoms with van der Waals surface area (Å²) in [7, 11) is 0. The highest BCUT2D eigenvalue weighted by molar-refractivity contribution is 4.69. The van der Waals surface area contributed by atoms with E-state index in [4.69, 9.17) is 9.47 Å². The van der Waals surface area contributed by atoms with Gasteiger partial charge in [-0.05, 0) is 6.42 Å². The maximum atomic E-state index is 5.76. The Morgan fingerprint density at radius 2 is 1.21 bits per heavy atom. The first-order valence-corrected chi connectivity index (χ1v) is 10.3. The van der Waals surface area contributed by atoms with Gasteiger partial charge in [0.25, 0.3) is 0 Å². The summed E-state index contributed by atoms with van der Waals surface area (Å²) in [5, 5.41) is 0. The van der Waals surface area contributed by atoms with Gasteiger partial charge in [-0.15, -0.1) is 13.2 Å². The summed E-state index contributed by atoms with van der Waals surface area (Å²) < 4.78 is 11.3. The minimum Gasteiger partial charge on any atom is -0.375 e. The van der Waals surface area contributed by atoms with Gasteiger partial charge >= 0.3 is 0 Å². The molecule has 0 radical (unpaired) electrons. The number of hydrogen-bond donors (Lipinski definition) is 0. The van der Waals surface area contributed by atoms with Crippen LogP contribution in [0.4, 0.5) is 0 Å². The van der Waals surface area contributed by atoms with Crippen LogP contribution in [0.15, 0.2) is 25.3 Å². The van der Waals surface area contributed by atoms with Crippen LogP contribution >= 0.6 is 0 Å². The fourth-order valence-electron chi connectivity index (χ4n) is 2.91. The molecule has 0 rings (SSSR count). The molecule has 2 nitrogen and oxygen atoms in total. The highest BCUT2D eigenvalue weighted by atomic mass is 16.5. The molecule has 0 aliphatic rings. The summed E-state index contributed by atoms with van der Waals surface area (Å²) in [5.41, 5.74) is 0. The highest BCUT2D eigenvalue weighted by Gasteiger charge is 2.08. The van der Waals surface area contributed by atoms with Crippen molar-refractivity contribution in [2.75, 3.05) is 19.8 Å². The van der Waals surface area contributed by atoms with Crippen LogP contribution in [0.5, 0.6) is 0 Å². The van der Waals surface area contributed by atoms with Crippen molar-refractivity contribution >= 4 is 0 Å². The Morgan fingerprint density at radius 3 is 1.71 bits per heavy atom. The second-order valence-electron chi connectivity index (χ2n) is 6.75. The van der Waals surface area contributed by atoms with E-state index in [9.17, 15) is 0 Å². The predicted molar refractivity (Wildman–Crippen MR) is 107 cm³/mol. The Balaban J connectivity index is 3.40. The molecule has 0 aromatic carbocycles. The monoisotopic (exact) mass is 338 g/mol. The fourth-order valence-corrected chi connectivity index (χ4v) is 2.91. The zero-order chi connectivity index (χ0) is 17.7. The molecule has 0 aliphatic heterocycles. The molecule has 0 spiro atoms. The third-order valence-corrected chi connectivity index (χ3v) is 4.37. The van der Waals surface area contributed by atoms with E-state index in [1.807, 2.05) is 6.08 Å². The standard InChI is InChI=1S/C22H42O2/c1-4-7-8-9-10-11-12-13-14-15-16-17-18-22(24-20-6-3)21-23-19-5-2/h5-6,22H,2-4,7-21H2,1H3. The minimum atomic E-state index is 0.200. The second-order valence-corrected chi connectivity index (χ2v) is 6.75. The van der Waals surface area contributed by atoms with Crippen LogP contribution in [0, 0.1) is 0 Å². The summed E-state index contributed by atoms with van der Waals surface area (Å²) in [6.07, 6.45) is 21.5. The fraction of sp³-hybridized carbons (Fsp3) is 0.818. The van der Waals surface area contributed by atoms with E-state index < -0.39 is 0 Å². The molecule has 24 heavy (non-hydrogen) atoms. The van der Waals surface area contributed by atoms with Crippen molar-refractivity contribution in [2.45, 2.75) is 96.5 Å². The van der Waals surface area contributed by atoms with Crippen LogP contribution < -0.4 is 0 Å². The Bertz CT molecular complexity index is 263. The summed E-state index contributed by atoms with van der Waals surface area (Å²) in [6, 6.07) is 0. The molecule has 0 aliphatic carbocycles. The smallest absolute Gasteiger partial charge is 0.0812 e. The third-order valence-electron chi connectivity index (χ3n) is 4.37. The lowest BCUT2D eigenvalue weighted by molar-refractivity contribution is -0.00346. The van der Waals surface area contributed by atoms with E-state index >= 15 is 0 Å². The number of hydrogen-bond acceptors (Lipinski definition) is 2. The second kappa shape index (κ2) is 20.4. The van der Waals surface area contributed by atoms with Gasteiger partial charge in [-0.25, -0.2) is 0 Å². The van der Waals surface area contributed by atoms with Crippen LogP contribution in [-0.4, -0.2) is 25.9 Å². The zero-order valence-electron chi connectivity index (χ0n) is 16.3. The lowest BCUT2D eigenvalue weighted by Gasteiger charge is -2.16. The largest absolute Gasteiger partial charge is 0.375 e. The number of unbranched alkanes of at least 4 members (excludes halogenated alkanes) is 11. The molecule has 0 amide bonds. The van der Waals surface area contributed by atoms with Crippen molar-refractivity contribution in [2.24, 2.45) is 0 Å². The lowest BCUT2D eigenvalue weighted by atomic mass is 10.0. The van der Waals surface area contributed by atoms with Gasteiger partial charge in [0.1, 0.15) is 0 Å². The maximum absolute atomic E-state index is 5.76. The first-order chi connectivity index (χ1) is 11.8. The van der Waals surface area contributed by atoms with Gasteiger partial charge in [0.2, 0.25) is 0 Å². The van der Waals surface area contributed by atoms with Crippen LogP contribution in [-0.2, 0) is 9.47 Å². The third kappa shape index (κ3) is 17.7. The van der Waals surface area contributed by atoms with Gasteiger partial charge in [-0.1, -0.05) is 96.1 Å². The molecule has 1 atom stereocenters. The summed E-state index contributed by atoms with van der Waals surface area (Å²) in [6.45, 7) is 11.5. The molecule has 0 saturated carbocycles. The molecule has 1 unspecified atom stereocenters. The molecule has 142 valence electrons. The quantitative estimate of drug-likeness (QED) is 0.178. The number of rotatable bonds is 20. The van der Waals surface area contributed by atoms with E-state index in [-0.39, 0.29) is 6.10 Å². The summed E-state index contributed by atoms with van der Waals surface area (Å²) >= 11 is 0. The van der Waals surface area contributed by atoms with Gasteiger partial charge in [0.15, 0.2) is 0 Å². The average Bonchev–Trinajstić information content (AvgIpc) is 2.60. The Kier molecular flexibility index (Phi) is 19.9. The molecule has 0 aromatic heterocycles. The van der Waals surface area contributed by atoms with Gasteiger partial charge in [0.05, 0.1) is 25.9 Å². The molecule has 0 fully saturated rings. The Hall–Kier alpha value is -0.600. The lowest BCUT2D eigenvalue weighted by Crippen LogP contribution is -2.20. The van der Waals surface area contributed by atoms with E-state index in [0.29, 0.717) is 19.8 Å². The van der Waals surface area contributed by atoms with E-state index in [1.165, 1.54) is 77.0 Å². The molecule has 0 heterocycles. The van der Waals surface area contributed by atoms with E-state index in [1.54, 1.807) is 6.08 Å². The molecule has 0 N–H and O–H groups in total. The topological polar surface area (TPSA) is 18.5 Å². The molecule has 2 heteroatoms. The number of ether oxygens (including phenoxy) is 2. The maximum Gasteiger partial charge on any atom is 0.0812 e. The Morgan fingerprint density at radius 1 is 0.708 bits per heavy atom. The molecule has 0 saturated heterocycles. The van der Waals surface area contributed by atoms with Crippen molar-refractivity contribution in [3.05, 3.63) is 25.3 Å². The van der Waals surface area contributed by atoms with Crippen molar-refractivity contribution < 1.29 is 9.47 Å². The SMILES string of the molecule is C=CCOCC(CCCCCCCCCCCCCC)OCC=C. The van der Waals surface area contributed by atoms with Crippen molar-refractivity contribution in [3.63, 3.8) is 0 Å². The van der Waals surface area contributed by atoms with Crippen LogP contribution in [0.1, 0.15) is 90.4 Å². The van der Waals surface area contributed by atoms with Crippen molar-refractivity contribution in [1.29, 1.82) is 0 Å². The van der Waals surface area contributed by atoms with Crippen LogP contribution in [0.25, 0.3) is 0 Å². The highest BCUT2D eigenvalue weighted by Crippen LogP contribution is 2.14. The van der Waals surface area contributed by atoms with Gasteiger partial charge < -0.3 is 9.47 Å². The van der Waals surface area contributed by atoms with Gasteiger partial charge in [-0.2, -0.15) is 0 Å². The zero-order valence-corrected chi connectivity index (χ0v) is 16.3. The molecular weight excluding hydrogens is 296 g/mol. The minimum absolute atomic E-state index is 0.200. The molecule has 0 aromatic rings. The van der Waals surface area contributed by atoms with Crippen LogP contribution in [0.3, 0.4) is 0 Å². The van der Waals surface area contributed by atoms with E-state index in [2.05, 4.69) is 20.1 Å². The predicted octanol–water partition coefficient (Wildman–Crippen LogP) is 6.85. The van der Waals surface area contributed by atoms with Crippen LogP contribution in [0.2, 0.25) is 0 Å².